The lowest BCUT2D eigenvalue weighted by molar-refractivity contribution is -0.138. The molecule has 0 amide bonds. The van der Waals surface area contributed by atoms with Gasteiger partial charge in [-0.25, -0.2) is 0 Å². The largest absolute Gasteiger partial charge is 0.492 e. The summed E-state index contributed by atoms with van der Waals surface area (Å²) in [6.07, 6.45) is -2.91. The molecule has 24 heavy (non-hydrogen) atoms. The Kier molecular flexibility index (Phi) is 4.92. The molecule has 1 aliphatic heterocycles. The minimum atomic E-state index is -4.42. The van der Waals surface area contributed by atoms with Crippen LogP contribution in [0.4, 0.5) is 13.2 Å². The third-order valence-electron chi connectivity index (χ3n) is 4.76. The van der Waals surface area contributed by atoms with Gasteiger partial charge in [0.1, 0.15) is 0 Å². The van der Waals surface area contributed by atoms with Gasteiger partial charge < -0.3 is 14.4 Å². The summed E-state index contributed by atoms with van der Waals surface area (Å²) in [6.45, 7) is 8.53. The second kappa shape index (κ2) is 6.21. The third-order valence-corrected chi connectivity index (χ3v) is 4.76. The van der Waals surface area contributed by atoms with E-state index in [4.69, 9.17) is 9.31 Å². The van der Waals surface area contributed by atoms with Crippen LogP contribution in [0.15, 0.2) is 23.7 Å². The Hall–Kier alpha value is -1.31. The van der Waals surface area contributed by atoms with Gasteiger partial charge in [-0.3, -0.25) is 0 Å². The number of rotatable bonds is 3. The molecule has 1 fully saturated rings. The fourth-order valence-corrected chi connectivity index (χ4v) is 2.50. The van der Waals surface area contributed by atoms with Crippen LogP contribution >= 0.6 is 0 Å². The van der Waals surface area contributed by atoms with Crippen molar-refractivity contribution in [2.24, 2.45) is 0 Å². The summed E-state index contributed by atoms with van der Waals surface area (Å²) in [5, 5.41) is 9.66. The molecule has 2 rings (SSSR count). The van der Waals surface area contributed by atoms with E-state index in [-0.39, 0.29) is 12.2 Å². The molecule has 7 heteroatoms. The highest BCUT2D eigenvalue weighted by molar-refractivity contribution is 6.55. The molecule has 0 radical (unpaired) electrons. The first-order chi connectivity index (χ1) is 10.9. The highest BCUT2D eigenvalue weighted by atomic mass is 19.4. The van der Waals surface area contributed by atoms with Crippen LogP contribution in [-0.2, 0) is 15.5 Å². The molecule has 0 spiro atoms. The normalized spacial score (nSPS) is 20.5. The average molecular weight is 342 g/mol. The highest BCUT2D eigenvalue weighted by Crippen LogP contribution is 2.39. The topological polar surface area (TPSA) is 38.7 Å². The lowest BCUT2D eigenvalue weighted by Gasteiger charge is -2.32. The van der Waals surface area contributed by atoms with Crippen LogP contribution in [-0.4, -0.2) is 30.0 Å². The van der Waals surface area contributed by atoms with E-state index >= 15 is 0 Å². The van der Waals surface area contributed by atoms with E-state index in [2.05, 4.69) is 0 Å². The molecule has 1 saturated heterocycles. The van der Waals surface area contributed by atoms with Crippen molar-refractivity contribution < 1.29 is 27.6 Å². The predicted octanol–water partition coefficient (Wildman–Crippen LogP) is 4.02. The first kappa shape index (κ1) is 19.0. The minimum absolute atomic E-state index is 0.104. The van der Waals surface area contributed by atoms with Gasteiger partial charge in [-0.2, -0.15) is 13.2 Å². The van der Waals surface area contributed by atoms with E-state index in [1.807, 2.05) is 27.7 Å². The number of aliphatic hydroxyl groups excluding tert-OH is 1. The van der Waals surface area contributed by atoms with Crippen molar-refractivity contribution in [3.63, 3.8) is 0 Å². The maximum absolute atomic E-state index is 13.0. The number of hydrogen-bond donors (Lipinski definition) is 1. The molecule has 1 aromatic carbocycles. The van der Waals surface area contributed by atoms with Crippen molar-refractivity contribution in [3.8, 4) is 0 Å². The molecular formula is C17H22BF3O3. The first-order valence-electron chi connectivity index (χ1n) is 7.73. The Bertz CT molecular complexity index is 635. The minimum Gasteiger partial charge on any atom is -0.400 e. The van der Waals surface area contributed by atoms with Crippen LogP contribution in [0.3, 0.4) is 0 Å². The van der Waals surface area contributed by atoms with E-state index in [0.29, 0.717) is 11.0 Å². The molecule has 1 heterocycles. The summed E-state index contributed by atoms with van der Waals surface area (Å²) in [6, 6.07) is 3.96. The molecule has 132 valence electrons. The highest BCUT2D eigenvalue weighted by Gasteiger charge is 2.52. The molecule has 1 aliphatic rings. The third kappa shape index (κ3) is 3.53. The fourth-order valence-electron chi connectivity index (χ4n) is 2.50. The van der Waals surface area contributed by atoms with Crippen molar-refractivity contribution in [1.29, 1.82) is 0 Å². The molecule has 1 N–H and O–H groups in total. The van der Waals surface area contributed by atoms with Crippen LogP contribution in [0, 0.1) is 6.92 Å². The van der Waals surface area contributed by atoms with Gasteiger partial charge in [0.05, 0.1) is 23.4 Å². The molecule has 1 aromatic rings. The van der Waals surface area contributed by atoms with E-state index in [1.165, 1.54) is 19.1 Å². The second-order valence-corrected chi connectivity index (χ2v) is 6.98. The molecule has 0 atom stereocenters. The van der Waals surface area contributed by atoms with E-state index in [0.717, 1.165) is 6.07 Å². The summed E-state index contributed by atoms with van der Waals surface area (Å²) in [5.41, 5.74) is -1.00. The number of alkyl halides is 3. The number of benzene rings is 1. The quantitative estimate of drug-likeness (QED) is 0.844. The van der Waals surface area contributed by atoms with Gasteiger partial charge in [-0.05, 0) is 57.3 Å². The van der Waals surface area contributed by atoms with E-state index < -0.39 is 30.1 Å². The molecule has 0 unspecified atom stereocenters. The van der Waals surface area contributed by atoms with Crippen molar-refractivity contribution in [3.05, 3.63) is 40.4 Å². The van der Waals surface area contributed by atoms with Crippen LogP contribution < -0.4 is 0 Å². The molecular weight excluding hydrogens is 320 g/mol. The molecule has 0 aliphatic carbocycles. The summed E-state index contributed by atoms with van der Waals surface area (Å²) in [4.78, 5) is 0. The number of hydrogen-bond acceptors (Lipinski definition) is 3. The smallest absolute Gasteiger partial charge is 0.400 e. The molecule has 0 bridgehead atoms. The standard InChI is InChI=1S/C17H22BF3O3/c1-11-12(7-6-8-14(11)17(19,20)21)9-13(10-22)18-23-15(2,3)16(4,5)24-18/h6-9,22H,10H2,1-5H3. The van der Waals surface area contributed by atoms with Gasteiger partial charge in [0, 0.05) is 0 Å². The van der Waals surface area contributed by atoms with Gasteiger partial charge in [0.25, 0.3) is 0 Å². The predicted molar refractivity (Wildman–Crippen MR) is 87.3 cm³/mol. The molecule has 3 nitrogen and oxygen atoms in total. The SMILES string of the molecule is Cc1c(C=C(CO)B2OC(C)(C)C(C)(C)O2)cccc1C(F)(F)F. The van der Waals surface area contributed by atoms with Crippen molar-refractivity contribution >= 4 is 13.2 Å². The first-order valence-corrected chi connectivity index (χ1v) is 7.73. The fraction of sp³-hybridized carbons (Fsp3) is 0.529. The van der Waals surface area contributed by atoms with Gasteiger partial charge in [0.2, 0.25) is 0 Å². The Balaban J connectivity index is 2.40. The van der Waals surface area contributed by atoms with Gasteiger partial charge in [-0.15, -0.1) is 0 Å². The van der Waals surface area contributed by atoms with Crippen LogP contribution in [0.1, 0.15) is 44.4 Å². The van der Waals surface area contributed by atoms with Crippen LogP contribution in [0.5, 0.6) is 0 Å². The summed E-state index contributed by atoms with van der Waals surface area (Å²) in [7, 11) is -0.797. The van der Waals surface area contributed by atoms with Gasteiger partial charge in [0.15, 0.2) is 0 Å². The van der Waals surface area contributed by atoms with Gasteiger partial charge in [-0.1, -0.05) is 18.2 Å². The van der Waals surface area contributed by atoms with Crippen molar-refractivity contribution in [2.45, 2.75) is 52.0 Å². The zero-order valence-electron chi connectivity index (χ0n) is 14.5. The van der Waals surface area contributed by atoms with Gasteiger partial charge >= 0.3 is 13.3 Å². The second-order valence-electron chi connectivity index (χ2n) is 6.98. The van der Waals surface area contributed by atoms with Crippen molar-refractivity contribution in [2.75, 3.05) is 6.61 Å². The molecule has 0 saturated carbocycles. The number of halogens is 3. The Morgan fingerprint density at radius 3 is 2.17 bits per heavy atom. The average Bonchev–Trinajstić information content (AvgIpc) is 2.64. The zero-order chi connectivity index (χ0) is 18.3. The van der Waals surface area contributed by atoms with E-state index in [9.17, 15) is 18.3 Å². The maximum Gasteiger partial charge on any atom is 0.492 e. The summed E-state index contributed by atoms with van der Waals surface area (Å²) in [5.74, 6) is 0. The maximum atomic E-state index is 13.0. The van der Waals surface area contributed by atoms with Crippen LogP contribution in [0.2, 0.25) is 0 Å². The van der Waals surface area contributed by atoms with Crippen molar-refractivity contribution in [1.82, 2.24) is 0 Å². The summed E-state index contributed by atoms with van der Waals surface area (Å²) >= 11 is 0. The summed E-state index contributed by atoms with van der Waals surface area (Å²) < 4.78 is 50.8. The monoisotopic (exact) mass is 342 g/mol. The van der Waals surface area contributed by atoms with Crippen LogP contribution in [0.25, 0.3) is 6.08 Å². The van der Waals surface area contributed by atoms with E-state index in [1.54, 1.807) is 6.07 Å². The Morgan fingerprint density at radius 1 is 1.17 bits per heavy atom. The number of aliphatic hydroxyl groups is 1. The Morgan fingerprint density at radius 2 is 1.71 bits per heavy atom. The lowest BCUT2D eigenvalue weighted by Crippen LogP contribution is -2.41. The lowest BCUT2D eigenvalue weighted by atomic mass is 9.77. The molecule has 0 aromatic heterocycles. The zero-order valence-corrected chi connectivity index (χ0v) is 14.5. The Labute approximate surface area is 140 Å².